The van der Waals surface area contributed by atoms with E-state index in [4.69, 9.17) is 9.97 Å². The monoisotopic (exact) mass is 533 g/mol. The molecule has 4 heterocycles. The third-order valence-electron chi connectivity index (χ3n) is 9.27. The number of pyridine rings is 2. The number of piperazine rings is 1. The number of carbonyl (C=O) groups excluding carboxylic acids is 1. The van der Waals surface area contributed by atoms with Crippen LogP contribution in [-0.2, 0) is 0 Å². The Morgan fingerprint density at radius 3 is 2.33 bits per heavy atom. The summed E-state index contributed by atoms with van der Waals surface area (Å²) in [5, 5.41) is 16.1. The number of nitrogens with one attached hydrogen (secondary N) is 2. The SMILES string of the molecule is CC(C)(CO)Nc1ccc(C(=O)Nc2cccc(N3CCN(C4CCC4)CC3)n2)c(N2CCC3(CC2)CC3)n1. The van der Waals surface area contributed by atoms with Gasteiger partial charge in [0.25, 0.3) is 5.91 Å². The lowest BCUT2D eigenvalue weighted by Crippen LogP contribution is -2.52. The second-order valence-electron chi connectivity index (χ2n) is 12.7. The fourth-order valence-corrected chi connectivity index (χ4v) is 6.11. The standard InChI is InChI=1S/C30H43N7O2/c1-29(2,21-38)34-25-10-9-23(27(32-25)37-15-13-30(11-12-30)14-16-37)28(39)33-24-7-4-8-26(31-24)36-19-17-35(18-20-36)22-5-3-6-22/h4,7-10,22,38H,3,5-6,11-21H2,1-2H3,(H,32,34)(H,31,33,39). The number of carbonyl (C=O) groups is 1. The number of amides is 1. The van der Waals surface area contributed by atoms with Crippen molar-refractivity contribution < 1.29 is 9.90 Å². The van der Waals surface area contributed by atoms with Gasteiger partial charge in [-0.05, 0) is 82.1 Å². The lowest BCUT2D eigenvalue weighted by atomic mass is 9.91. The van der Waals surface area contributed by atoms with Gasteiger partial charge in [0.05, 0.1) is 17.7 Å². The van der Waals surface area contributed by atoms with Crippen molar-refractivity contribution in [2.24, 2.45) is 5.41 Å². The van der Waals surface area contributed by atoms with Crippen LogP contribution in [0.5, 0.6) is 0 Å². The lowest BCUT2D eigenvalue weighted by molar-refractivity contribution is 0.102. The number of aliphatic hydroxyl groups is 1. The van der Waals surface area contributed by atoms with Gasteiger partial charge in [0.2, 0.25) is 0 Å². The minimum atomic E-state index is -0.512. The second-order valence-corrected chi connectivity index (χ2v) is 12.7. The molecule has 3 N–H and O–H groups in total. The van der Waals surface area contributed by atoms with Crippen molar-refractivity contribution in [2.45, 2.75) is 70.4 Å². The molecule has 0 aromatic carbocycles. The molecular formula is C30H43N7O2. The maximum Gasteiger partial charge on any atom is 0.260 e. The third-order valence-corrected chi connectivity index (χ3v) is 9.27. The summed E-state index contributed by atoms with van der Waals surface area (Å²) in [6.45, 7) is 9.72. The Kier molecular flexibility index (Phi) is 7.14. The number of nitrogens with zero attached hydrogens (tertiary/aromatic N) is 5. The molecule has 0 radical (unpaired) electrons. The molecule has 4 fully saturated rings. The molecule has 39 heavy (non-hydrogen) atoms. The number of piperidine rings is 1. The summed E-state index contributed by atoms with van der Waals surface area (Å²) in [7, 11) is 0. The summed E-state index contributed by atoms with van der Waals surface area (Å²) in [4.78, 5) is 30.5. The van der Waals surface area contributed by atoms with E-state index in [1.807, 2.05) is 44.2 Å². The highest BCUT2D eigenvalue weighted by atomic mass is 16.3. The highest BCUT2D eigenvalue weighted by Crippen LogP contribution is 2.54. The number of hydrogen-bond donors (Lipinski definition) is 3. The summed E-state index contributed by atoms with van der Waals surface area (Å²) in [6.07, 6.45) is 8.98. The van der Waals surface area contributed by atoms with Crippen LogP contribution < -0.4 is 20.4 Å². The van der Waals surface area contributed by atoms with Crippen molar-refractivity contribution in [3.8, 4) is 0 Å². The Bertz CT molecular complexity index is 1180. The second kappa shape index (κ2) is 10.6. The predicted molar refractivity (Wildman–Crippen MR) is 156 cm³/mol. The lowest BCUT2D eigenvalue weighted by Gasteiger charge is -2.43. The van der Waals surface area contributed by atoms with Gasteiger partial charge >= 0.3 is 0 Å². The molecule has 2 aromatic rings. The molecule has 0 atom stereocenters. The number of rotatable bonds is 8. The van der Waals surface area contributed by atoms with Gasteiger partial charge in [-0.15, -0.1) is 0 Å². The maximum atomic E-state index is 13.6. The van der Waals surface area contributed by atoms with Gasteiger partial charge in [-0.2, -0.15) is 0 Å². The van der Waals surface area contributed by atoms with Crippen LogP contribution >= 0.6 is 0 Å². The van der Waals surface area contributed by atoms with Crippen LogP contribution in [0.25, 0.3) is 0 Å². The molecule has 1 spiro atoms. The Labute approximate surface area is 232 Å². The molecule has 2 aliphatic carbocycles. The first-order valence-corrected chi connectivity index (χ1v) is 14.8. The fourth-order valence-electron chi connectivity index (χ4n) is 6.11. The van der Waals surface area contributed by atoms with Crippen LogP contribution in [0.4, 0.5) is 23.3 Å². The minimum absolute atomic E-state index is 0.0177. The Balaban J connectivity index is 1.17. The van der Waals surface area contributed by atoms with Gasteiger partial charge in [-0.25, -0.2) is 9.97 Å². The van der Waals surface area contributed by atoms with Crippen molar-refractivity contribution in [1.29, 1.82) is 0 Å². The zero-order valence-corrected chi connectivity index (χ0v) is 23.5. The van der Waals surface area contributed by atoms with E-state index in [0.29, 0.717) is 28.4 Å². The van der Waals surface area contributed by atoms with Crippen LogP contribution in [-0.4, -0.2) is 83.3 Å². The van der Waals surface area contributed by atoms with Gasteiger partial charge in [0, 0.05) is 45.3 Å². The molecule has 9 heteroatoms. The van der Waals surface area contributed by atoms with E-state index in [0.717, 1.165) is 64.0 Å². The van der Waals surface area contributed by atoms with E-state index in [2.05, 4.69) is 25.3 Å². The number of hydrogen-bond acceptors (Lipinski definition) is 8. The molecule has 0 unspecified atom stereocenters. The van der Waals surface area contributed by atoms with Gasteiger partial charge in [-0.3, -0.25) is 9.69 Å². The number of aromatic nitrogens is 2. The molecule has 2 saturated heterocycles. The van der Waals surface area contributed by atoms with Crippen LogP contribution in [0.3, 0.4) is 0 Å². The summed E-state index contributed by atoms with van der Waals surface area (Å²) < 4.78 is 0. The smallest absolute Gasteiger partial charge is 0.260 e. The van der Waals surface area contributed by atoms with Crippen molar-refractivity contribution in [1.82, 2.24) is 14.9 Å². The summed E-state index contributed by atoms with van der Waals surface area (Å²) in [6, 6.07) is 10.3. The van der Waals surface area contributed by atoms with E-state index in [9.17, 15) is 9.90 Å². The fraction of sp³-hybridized carbons (Fsp3) is 0.633. The average molecular weight is 534 g/mol. The zero-order chi connectivity index (χ0) is 27.0. The molecule has 4 aliphatic rings. The minimum Gasteiger partial charge on any atom is -0.394 e. The molecule has 0 bridgehead atoms. The van der Waals surface area contributed by atoms with Gasteiger partial charge in [-0.1, -0.05) is 12.5 Å². The van der Waals surface area contributed by atoms with Gasteiger partial charge in [0.15, 0.2) is 0 Å². The largest absolute Gasteiger partial charge is 0.394 e. The van der Waals surface area contributed by atoms with Crippen molar-refractivity contribution in [3.63, 3.8) is 0 Å². The molecule has 1 amide bonds. The first kappa shape index (κ1) is 26.3. The zero-order valence-electron chi connectivity index (χ0n) is 23.5. The third kappa shape index (κ3) is 5.84. The van der Waals surface area contributed by atoms with Crippen molar-refractivity contribution in [2.75, 3.05) is 66.3 Å². The highest BCUT2D eigenvalue weighted by Gasteiger charge is 2.45. The van der Waals surface area contributed by atoms with Crippen LogP contribution in [0.15, 0.2) is 30.3 Å². The average Bonchev–Trinajstić information content (AvgIpc) is 3.67. The predicted octanol–water partition coefficient (Wildman–Crippen LogP) is 3.97. The van der Waals surface area contributed by atoms with Gasteiger partial charge in [0.1, 0.15) is 23.3 Å². The number of anilines is 4. The van der Waals surface area contributed by atoms with Crippen LogP contribution in [0, 0.1) is 5.41 Å². The summed E-state index contributed by atoms with van der Waals surface area (Å²) in [5.41, 5.74) is 0.568. The molecule has 9 nitrogen and oxygen atoms in total. The maximum absolute atomic E-state index is 13.6. The highest BCUT2D eigenvalue weighted by molar-refractivity contribution is 6.07. The Hall–Kier alpha value is -2.91. The van der Waals surface area contributed by atoms with E-state index in [-0.39, 0.29) is 12.5 Å². The Morgan fingerprint density at radius 1 is 0.949 bits per heavy atom. The van der Waals surface area contributed by atoms with Crippen molar-refractivity contribution >= 4 is 29.2 Å². The molecule has 2 saturated carbocycles. The van der Waals surface area contributed by atoms with Crippen LogP contribution in [0.2, 0.25) is 0 Å². The molecular weight excluding hydrogens is 490 g/mol. The molecule has 6 rings (SSSR count). The van der Waals surface area contributed by atoms with E-state index < -0.39 is 5.54 Å². The van der Waals surface area contributed by atoms with E-state index in [1.165, 1.54) is 32.1 Å². The first-order valence-electron chi connectivity index (χ1n) is 14.8. The molecule has 210 valence electrons. The molecule has 2 aromatic heterocycles. The van der Waals surface area contributed by atoms with E-state index >= 15 is 0 Å². The Morgan fingerprint density at radius 2 is 1.69 bits per heavy atom. The quantitative estimate of drug-likeness (QED) is 0.469. The van der Waals surface area contributed by atoms with E-state index in [1.54, 1.807) is 0 Å². The number of aliphatic hydroxyl groups excluding tert-OH is 1. The van der Waals surface area contributed by atoms with Gasteiger partial charge < -0.3 is 25.5 Å². The normalized spacial score (nSPS) is 21.5. The topological polar surface area (TPSA) is 96.9 Å². The molecule has 2 aliphatic heterocycles. The first-order chi connectivity index (χ1) is 18.8. The summed E-state index contributed by atoms with van der Waals surface area (Å²) in [5.74, 6) is 2.63. The van der Waals surface area contributed by atoms with Crippen LogP contribution in [0.1, 0.15) is 69.2 Å². The summed E-state index contributed by atoms with van der Waals surface area (Å²) >= 11 is 0. The van der Waals surface area contributed by atoms with Crippen molar-refractivity contribution in [3.05, 3.63) is 35.9 Å².